The Kier molecular flexibility index (Phi) is 3.63. The summed E-state index contributed by atoms with van der Waals surface area (Å²) in [7, 11) is 0. The SMILES string of the molecule is Cc1cc(Cl)c(N2CCC(CN)C2)cc1Cl. The largest absolute Gasteiger partial charge is 0.370 e. The van der Waals surface area contributed by atoms with Gasteiger partial charge in [-0.3, -0.25) is 0 Å². The number of aryl methyl sites for hydroxylation is 1. The van der Waals surface area contributed by atoms with E-state index in [9.17, 15) is 0 Å². The summed E-state index contributed by atoms with van der Waals surface area (Å²) in [4.78, 5) is 2.27. The van der Waals surface area contributed by atoms with E-state index in [0.29, 0.717) is 5.92 Å². The summed E-state index contributed by atoms with van der Waals surface area (Å²) in [6, 6.07) is 3.88. The summed E-state index contributed by atoms with van der Waals surface area (Å²) in [5.74, 6) is 0.580. The molecular formula is C12H16Cl2N2. The first-order valence-electron chi connectivity index (χ1n) is 5.52. The number of nitrogens with two attached hydrogens (primary N) is 1. The van der Waals surface area contributed by atoms with Gasteiger partial charge < -0.3 is 10.6 Å². The number of rotatable bonds is 2. The lowest BCUT2D eigenvalue weighted by Crippen LogP contribution is -2.22. The molecule has 0 saturated carbocycles. The maximum atomic E-state index is 6.24. The second kappa shape index (κ2) is 4.82. The van der Waals surface area contributed by atoms with Crippen LogP contribution in [0.15, 0.2) is 12.1 Å². The molecule has 0 aliphatic carbocycles. The highest BCUT2D eigenvalue weighted by atomic mass is 35.5. The molecule has 1 aliphatic rings. The molecule has 1 unspecified atom stereocenters. The molecule has 0 bridgehead atoms. The van der Waals surface area contributed by atoms with Gasteiger partial charge in [-0.1, -0.05) is 23.2 Å². The maximum absolute atomic E-state index is 6.24. The Hall–Kier alpha value is -0.440. The maximum Gasteiger partial charge on any atom is 0.0643 e. The van der Waals surface area contributed by atoms with E-state index in [2.05, 4.69) is 4.90 Å². The van der Waals surface area contributed by atoms with Crippen LogP contribution in [0.5, 0.6) is 0 Å². The molecule has 1 fully saturated rings. The van der Waals surface area contributed by atoms with Crippen molar-refractivity contribution in [3.05, 3.63) is 27.7 Å². The van der Waals surface area contributed by atoms with E-state index in [4.69, 9.17) is 28.9 Å². The third-order valence-electron chi connectivity index (χ3n) is 3.19. The Morgan fingerprint density at radius 3 is 2.75 bits per heavy atom. The first kappa shape index (κ1) is 12.0. The molecule has 0 spiro atoms. The summed E-state index contributed by atoms with van der Waals surface area (Å²) >= 11 is 12.4. The van der Waals surface area contributed by atoms with Gasteiger partial charge in [0.2, 0.25) is 0 Å². The third kappa shape index (κ3) is 2.29. The molecular weight excluding hydrogens is 243 g/mol. The molecule has 2 nitrogen and oxygen atoms in total. The number of anilines is 1. The van der Waals surface area contributed by atoms with Crippen molar-refractivity contribution in [3.8, 4) is 0 Å². The normalized spacial score (nSPS) is 20.5. The van der Waals surface area contributed by atoms with E-state index in [-0.39, 0.29) is 0 Å². The minimum Gasteiger partial charge on any atom is -0.370 e. The van der Waals surface area contributed by atoms with E-state index >= 15 is 0 Å². The molecule has 1 saturated heterocycles. The quantitative estimate of drug-likeness (QED) is 0.884. The molecule has 2 N–H and O–H groups in total. The Labute approximate surface area is 106 Å². The monoisotopic (exact) mass is 258 g/mol. The van der Waals surface area contributed by atoms with Gasteiger partial charge in [-0.05, 0) is 43.5 Å². The molecule has 1 aromatic carbocycles. The third-order valence-corrected chi connectivity index (χ3v) is 3.90. The van der Waals surface area contributed by atoms with Crippen LogP contribution in [0.4, 0.5) is 5.69 Å². The van der Waals surface area contributed by atoms with Gasteiger partial charge >= 0.3 is 0 Å². The van der Waals surface area contributed by atoms with Gasteiger partial charge in [0.15, 0.2) is 0 Å². The van der Waals surface area contributed by atoms with Gasteiger partial charge in [-0.25, -0.2) is 0 Å². The van der Waals surface area contributed by atoms with Crippen LogP contribution in [-0.4, -0.2) is 19.6 Å². The van der Waals surface area contributed by atoms with Crippen LogP contribution in [-0.2, 0) is 0 Å². The van der Waals surface area contributed by atoms with Crippen molar-refractivity contribution in [3.63, 3.8) is 0 Å². The molecule has 1 atom stereocenters. The van der Waals surface area contributed by atoms with E-state index in [0.717, 1.165) is 47.4 Å². The molecule has 1 aromatic rings. The first-order chi connectivity index (χ1) is 7.61. The lowest BCUT2D eigenvalue weighted by Gasteiger charge is -2.20. The lowest BCUT2D eigenvalue weighted by molar-refractivity contribution is 0.602. The van der Waals surface area contributed by atoms with Crippen molar-refractivity contribution in [1.82, 2.24) is 0 Å². The Morgan fingerprint density at radius 1 is 1.38 bits per heavy atom. The second-order valence-electron chi connectivity index (χ2n) is 4.39. The van der Waals surface area contributed by atoms with E-state index in [1.807, 2.05) is 19.1 Å². The summed E-state index contributed by atoms with van der Waals surface area (Å²) in [5, 5.41) is 1.55. The number of hydrogen-bond donors (Lipinski definition) is 1. The predicted molar refractivity (Wildman–Crippen MR) is 70.6 cm³/mol. The van der Waals surface area contributed by atoms with Crippen LogP contribution in [0, 0.1) is 12.8 Å². The van der Waals surface area contributed by atoms with Gasteiger partial charge in [-0.15, -0.1) is 0 Å². The summed E-state index contributed by atoms with van der Waals surface area (Å²) < 4.78 is 0. The highest BCUT2D eigenvalue weighted by molar-refractivity contribution is 6.35. The van der Waals surface area contributed by atoms with Crippen LogP contribution in [0.1, 0.15) is 12.0 Å². The summed E-state index contributed by atoms with van der Waals surface area (Å²) in [6.45, 7) is 4.70. The van der Waals surface area contributed by atoms with Gasteiger partial charge in [0.05, 0.1) is 10.7 Å². The number of halogens is 2. The Bertz CT molecular complexity index is 393. The molecule has 0 amide bonds. The van der Waals surface area contributed by atoms with Crippen LogP contribution in [0.3, 0.4) is 0 Å². The van der Waals surface area contributed by atoms with Crippen LogP contribution in [0.2, 0.25) is 10.0 Å². The van der Waals surface area contributed by atoms with Gasteiger partial charge in [0, 0.05) is 18.1 Å². The standard InChI is InChI=1S/C12H16Cl2N2/c1-8-4-11(14)12(5-10(8)13)16-3-2-9(6-15)7-16/h4-5,9H,2-3,6-7,15H2,1H3. The fourth-order valence-corrected chi connectivity index (χ4v) is 2.62. The van der Waals surface area contributed by atoms with Crippen LogP contribution >= 0.6 is 23.2 Å². The zero-order chi connectivity index (χ0) is 11.7. The topological polar surface area (TPSA) is 29.3 Å². The van der Waals surface area contributed by atoms with Crippen molar-refractivity contribution < 1.29 is 0 Å². The molecule has 1 aliphatic heterocycles. The Balaban J connectivity index is 2.24. The van der Waals surface area contributed by atoms with Crippen LogP contribution < -0.4 is 10.6 Å². The average molecular weight is 259 g/mol. The highest BCUT2D eigenvalue weighted by Gasteiger charge is 2.23. The van der Waals surface area contributed by atoms with Gasteiger partial charge in [-0.2, -0.15) is 0 Å². The molecule has 88 valence electrons. The minimum absolute atomic E-state index is 0.580. The van der Waals surface area contributed by atoms with Gasteiger partial charge in [0.25, 0.3) is 0 Å². The molecule has 2 rings (SSSR count). The highest BCUT2D eigenvalue weighted by Crippen LogP contribution is 2.34. The lowest BCUT2D eigenvalue weighted by atomic mass is 10.1. The molecule has 0 radical (unpaired) electrons. The zero-order valence-corrected chi connectivity index (χ0v) is 10.9. The van der Waals surface area contributed by atoms with Crippen molar-refractivity contribution in [2.45, 2.75) is 13.3 Å². The van der Waals surface area contributed by atoms with Crippen molar-refractivity contribution in [1.29, 1.82) is 0 Å². The smallest absolute Gasteiger partial charge is 0.0643 e. The van der Waals surface area contributed by atoms with Crippen molar-refractivity contribution in [2.24, 2.45) is 11.7 Å². The van der Waals surface area contributed by atoms with E-state index in [1.165, 1.54) is 0 Å². The van der Waals surface area contributed by atoms with E-state index in [1.54, 1.807) is 0 Å². The van der Waals surface area contributed by atoms with Crippen molar-refractivity contribution in [2.75, 3.05) is 24.5 Å². The molecule has 1 heterocycles. The fourth-order valence-electron chi connectivity index (χ4n) is 2.12. The Morgan fingerprint density at radius 2 is 2.12 bits per heavy atom. The van der Waals surface area contributed by atoms with Gasteiger partial charge in [0.1, 0.15) is 0 Å². The predicted octanol–water partition coefficient (Wildman–Crippen LogP) is 3.09. The van der Waals surface area contributed by atoms with Crippen LogP contribution in [0.25, 0.3) is 0 Å². The summed E-state index contributed by atoms with van der Waals surface area (Å²) in [5.41, 5.74) is 7.73. The number of benzene rings is 1. The zero-order valence-electron chi connectivity index (χ0n) is 9.34. The first-order valence-corrected chi connectivity index (χ1v) is 6.28. The average Bonchev–Trinajstić information content (AvgIpc) is 2.71. The van der Waals surface area contributed by atoms with Crippen molar-refractivity contribution >= 4 is 28.9 Å². The molecule has 0 aromatic heterocycles. The second-order valence-corrected chi connectivity index (χ2v) is 5.20. The minimum atomic E-state index is 0.580. The molecule has 16 heavy (non-hydrogen) atoms. The summed E-state index contributed by atoms with van der Waals surface area (Å²) in [6.07, 6.45) is 1.14. The molecule has 4 heteroatoms. The van der Waals surface area contributed by atoms with E-state index < -0.39 is 0 Å². The number of hydrogen-bond acceptors (Lipinski definition) is 2. The fraction of sp³-hybridized carbons (Fsp3) is 0.500. The number of nitrogens with zero attached hydrogens (tertiary/aromatic N) is 1.